The first-order valence-corrected chi connectivity index (χ1v) is 6.47. The Morgan fingerprint density at radius 2 is 2.18 bits per heavy atom. The van der Waals surface area contributed by atoms with Crippen LogP contribution in [0.25, 0.3) is 0 Å². The average Bonchev–Trinajstić information content (AvgIpc) is 2.63. The van der Waals surface area contributed by atoms with Crippen molar-refractivity contribution in [2.24, 2.45) is 0 Å². The van der Waals surface area contributed by atoms with Gasteiger partial charge in [0.1, 0.15) is 5.82 Å². The summed E-state index contributed by atoms with van der Waals surface area (Å²) < 4.78 is 7.75. The number of imidazole rings is 1. The first kappa shape index (κ1) is 14.2. The number of aryl methyl sites for hydroxylation is 1. The number of nitrogens with one attached hydrogen (secondary N) is 1. The molecule has 1 N–H and O–H groups in total. The van der Waals surface area contributed by atoms with Crippen LogP contribution in [0.5, 0.6) is 0 Å². The zero-order chi connectivity index (χ0) is 12.7. The molecule has 0 aromatic carbocycles. The fourth-order valence-electron chi connectivity index (χ4n) is 1.67. The van der Waals surface area contributed by atoms with Gasteiger partial charge in [-0.05, 0) is 13.3 Å². The van der Waals surface area contributed by atoms with E-state index in [4.69, 9.17) is 4.74 Å². The minimum absolute atomic E-state index is 0.495. The topological polar surface area (TPSA) is 39.1 Å². The van der Waals surface area contributed by atoms with Crippen LogP contribution < -0.4 is 5.32 Å². The van der Waals surface area contributed by atoms with Gasteiger partial charge in [-0.1, -0.05) is 20.8 Å². The van der Waals surface area contributed by atoms with Gasteiger partial charge in [-0.2, -0.15) is 0 Å². The lowest BCUT2D eigenvalue weighted by atomic mass is 10.3. The molecule has 0 spiro atoms. The number of hydrogen-bond donors (Lipinski definition) is 1. The molecule has 4 heteroatoms. The zero-order valence-electron chi connectivity index (χ0n) is 11.5. The average molecular weight is 239 g/mol. The molecule has 1 aromatic rings. The molecule has 0 aliphatic rings. The Balaban J connectivity index is 2.47. The van der Waals surface area contributed by atoms with Crippen molar-refractivity contribution in [3.8, 4) is 0 Å². The second-order valence-electron chi connectivity index (χ2n) is 4.60. The highest BCUT2D eigenvalue weighted by Gasteiger charge is 2.06. The molecule has 1 aromatic heterocycles. The second-order valence-corrected chi connectivity index (χ2v) is 4.60. The maximum absolute atomic E-state index is 5.52. The van der Waals surface area contributed by atoms with Crippen LogP contribution >= 0.6 is 0 Å². The molecule has 0 amide bonds. The molecule has 0 unspecified atom stereocenters. The quantitative estimate of drug-likeness (QED) is 0.706. The Morgan fingerprint density at radius 3 is 2.82 bits per heavy atom. The van der Waals surface area contributed by atoms with Crippen molar-refractivity contribution in [2.45, 2.75) is 53.2 Å². The van der Waals surface area contributed by atoms with E-state index in [1.54, 1.807) is 0 Å². The monoisotopic (exact) mass is 239 g/mol. The maximum atomic E-state index is 5.52. The first-order chi connectivity index (χ1) is 8.15. The number of ether oxygens (including phenoxy) is 1. The zero-order valence-corrected chi connectivity index (χ0v) is 11.5. The van der Waals surface area contributed by atoms with Crippen LogP contribution in [0.2, 0.25) is 0 Å². The van der Waals surface area contributed by atoms with Gasteiger partial charge in [-0.3, -0.25) is 0 Å². The van der Waals surface area contributed by atoms with Gasteiger partial charge in [0, 0.05) is 31.9 Å². The van der Waals surface area contributed by atoms with Crippen LogP contribution in [0, 0.1) is 6.92 Å². The molecule has 0 fully saturated rings. The van der Waals surface area contributed by atoms with E-state index in [9.17, 15) is 0 Å². The van der Waals surface area contributed by atoms with E-state index >= 15 is 0 Å². The Bertz CT molecular complexity index is 320. The number of nitrogens with zero attached hydrogens (tertiary/aromatic N) is 2. The highest BCUT2D eigenvalue weighted by atomic mass is 16.5. The van der Waals surface area contributed by atoms with Crippen LogP contribution in [-0.2, 0) is 17.8 Å². The van der Waals surface area contributed by atoms with E-state index < -0.39 is 0 Å². The van der Waals surface area contributed by atoms with Crippen LogP contribution in [0.15, 0.2) is 6.20 Å². The molecule has 4 nitrogen and oxygen atoms in total. The van der Waals surface area contributed by atoms with Gasteiger partial charge in [-0.25, -0.2) is 4.98 Å². The molecule has 1 rings (SSSR count). The molecule has 17 heavy (non-hydrogen) atoms. The van der Waals surface area contributed by atoms with Crippen molar-refractivity contribution in [3.63, 3.8) is 0 Å². The Hall–Kier alpha value is -0.870. The van der Waals surface area contributed by atoms with E-state index in [2.05, 4.69) is 35.6 Å². The van der Waals surface area contributed by atoms with Crippen LogP contribution in [0.4, 0.5) is 0 Å². The summed E-state index contributed by atoms with van der Waals surface area (Å²) in [4.78, 5) is 4.36. The van der Waals surface area contributed by atoms with Gasteiger partial charge in [0.2, 0.25) is 0 Å². The van der Waals surface area contributed by atoms with Crippen LogP contribution in [0.3, 0.4) is 0 Å². The third-order valence-electron chi connectivity index (χ3n) is 2.64. The Morgan fingerprint density at radius 1 is 1.41 bits per heavy atom. The van der Waals surface area contributed by atoms with E-state index in [0.29, 0.717) is 6.04 Å². The predicted octanol–water partition coefficient (Wildman–Crippen LogP) is 2.12. The maximum Gasteiger partial charge on any atom is 0.105 e. The smallest absolute Gasteiger partial charge is 0.105 e. The summed E-state index contributed by atoms with van der Waals surface area (Å²) in [5.74, 6) is 1.06. The van der Waals surface area contributed by atoms with Crippen molar-refractivity contribution in [1.82, 2.24) is 14.9 Å². The molecular weight excluding hydrogens is 214 g/mol. The molecule has 0 aliphatic carbocycles. The highest BCUT2D eigenvalue weighted by molar-refractivity contribution is 5.04. The van der Waals surface area contributed by atoms with Crippen LogP contribution in [-0.4, -0.2) is 28.8 Å². The van der Waals surface area contributed by atoms with Crippen molar-refractivity contribution in [3.05, 3.63) is 17.7 Å². The molecule has 98 valence electrons. The Labute approximate surface area is 104 Å². The lowest BCUT2D eigenvalue weighted by Crippen LogP contribution is -2.24. The third-order valence-corrected chi connectivity index (χ3v) is 2.64. The summed E-state index contributed by atoms with van der Waals surface area (Å²) >= 11 is 0. The van der Waals surface area contributed by atoms with E-state index in [0.717, 1.165) is 38.5 Å². The number of hydrogen-bond acceptors (Lipinski definition) is 3. The SMILES string of the molecule is CCCOCCn1c(CNC(C)C)cnc1C. The van der Waals surface area contributed by atoms with Crippen molar-refractivity contribution in [1.29, 1.82) is 0 Å². The summed E-state index contributed by atoms with van der Waals surface area (Å²) in [5, 5.41) is 3.42. The minimum Gasteiger partial charge on any atom is -0.380 e. The second kappa shape index (κ2) is 7.45. The van der Waals surface area contributed by atoms with Gasteiger partial charge >= 0.3 is 0 Å². The molecule has 1 heterocycles. The fourth-order valence-corrected chi connectivity index (χ4v) is 1.67. The Kier molecular flexibility index (Phi) is 6.22. The van der Waals surface area contributed by atoms with Gasteiger partial charge in [-0.15, -0.1) is 0 Å². The van der Waals surface area contributed by atoms with Gasteiger partial charge in [0.15, 0.2) is 0 Å². The molecule has 0 radical (unpaired) electrons. The van der Waals surface area contributed by atoms with E-state index in [1.165, 1.54) is 5.69 Å². The summed E-state index contributed by atoms with van der Waals surface area (Å²) in [5.41, 5.74) is 1.23. The summed E-state index contributed by atoms with van der Waals surface area (Å²) in [6.45, 7) is 11.8. The first-order valence-electron chi connectivity index (χ1n) is 6.47. The number of aromatic nitrogens is 2. The van der Waals surface area contributed by atoms with Crippen molar-refractivity contribution >= 4 is 0 Å². The van der Waals surface area contributed by atoms with Crippen molar-refractivity contribution < 1.29 is 4.74 Å². The van der Waals surface area contributed by atoms with Gasteiger partial charge in [0.25, 0.3) is 0 Å². The molecule has 0 aliphatic heterocycles. The van der Waals surface area contributed by atoms with E-state index in [-0.39, 0.29) is 0 Å². The normalized spacial score (nSPS) is 11.4. The fraction of sp³-hybridized carbons (Fsp3) is 0.769. The summed E-state index contributed by atoms with van der Waals surface area (Å²) in [6.07, 6.45) is 3.02. The molecule has 0 saturated heterocycles. The highest BCUT2D eigenvalue weighted by Crippen LogP contribution is 2.05. The largest absolute Gasteiger partial charge is 0.380 e. The summed E-state index contributed by atoms with van der Waals surface area (Å²) in [6, 6.07) is 0.495. The van der Waals surface area contributed by atoms with Crippen LogP contribution in [0.1, 0.15) is 38.7 Å². The lowest BCUT2D eigenvalue weighted by molar-refractivity contribution is 0.126. The minimum atomic E-state index is 0.495. The molecule has 0 saturated carbocycles. The molecule has 0 atom stereocenters. The summed E-state index contributed by atoms with van der Waals surface area (Å²) in [7, 11) is 0. The number of rotatable bonds is 8. The van der Waals surface area contributed by atoms with Crippen molar-refractivity contribution in [2.75, 3.05) is 13.2 Å². The third kappa shape index (κ3) is 4.88. The molecular formula is C13H25N3O. The van der Waals surface area contributed by atoms with Gasteiger partial charge in [0.05, 0.1) is 12.3 Å². The predicted molar refractivity (Wildman–Crippen MR) is 70.0 cm³/mol. The van der Waals surface area contributed by atoms with E-state index in [1.807, 2.05) is 13.1 Å². The van der Waals surface area contributed by atoms with Gasteiger partial charge < -0.3 is 14.6 Å². The lowest BCUT2D eigenvalue weighted by Gasteiger charge is -2.12. The molecule has 0 bridgehead atoms. The standard InChI is InChI=1S/C13H25N3O/c1-5-7-17-8-6-16-12(4)15-10-13(16)9-14-11(2)3/h10-11,14H,5-9H2,1-4H3.